The fourth-order valence-corrected chi connectivity index (χ4v) is 3.24. The molecule has 2 unspecified atom stereocenters. The Morgan fingerprint density at radius 2 is 2.16 bits per heavy atom. The number of fused-ring (bicyclic) bond motifs is 3. The fourth-order valence-electron chi connectivity index (χ4n) is 3.24. The van der Waals surface area contributed by atoms with Crippen molar-refractivity contribution in [1.82, 2.24) is 10.2 Å². The Balaban J connectivity index is 1.48. The van der Waals surface area contributed by atoms with Crippen molar-refractivity contribution >= 4 is 5.91 Å². The monoisotopic (exact) mass is 260 g/mol. The largest absolute Gasteiger partial charge is 0.454 e. The summed E-state index contributed by atoms with van der Waals surface area (Å²) < 4.78 is 10.5. The predicted molar refractivity (Wildman–Crippen MR) is 68.4 cm³/mol. The number of piperidine rings is 1. The Bertz CT molecular complexity index is 531. The summed E-state index contributed by atoms with van der Waals surface area (Å²) in [5.41, 5.74) is 0.641. The average Bonchev–Trinajstić information content (AvgIpc) is 3.13. The molecule has 3 heterocycles. The molecular weight excluding hydrogens is 244 g/mol. The van der Waals surface area contributed by atoms with Crippen molar-refractivity contribution in [3.8, 4) is 11.5 Å². The van der Waals surface area contributed by atoms with Gasteiger partial charge in [0, 0.05) is 24.7 Å². The van der Waals surface area contributed by atoms with Crippen LogP contribution >= 0.6 is 0 Å². The van der Waals surface area contributed by atoms with Gasteiger partial charge in [0.25, 0.3) is 5.91 Å². The van der Waals surface area contributed by atoms with Gasteiger partial charge in [-0.15, -0.1) is 0 Å². The molecule has 0 saturated carbocycles. The Morgan fingerprint density at radius 1 is 1.26 bits per heavy atom. The summed E-state index contributed by atoms with van der Waals surface area (Å²) in [5, 5.41) is 3.14. The molecule has 3 atom stereocenters. The van der Waals surface area contributed by atoms with Crippen LogP contribution in [0, 0.1) is 5.92 Å². The molecule has 2 fully saturated rings. The second-order valence-corrected chi connectivity index (χ2v) is 5.46. The lowest BCUT2D eigenvalue weighted by Crippen LogP contribution is -2.43. The van der Waals surface area contributed by atoms with Gasteiger partial charge in [-0.1, -0.05) is 0 Å². The van der Waals surface area contributed by atoms with Gasteiger partial charge < -0.3 is 19.7 Å². The molecule has 19 heavy (non-hydrogen) atoms. The Labute approximate surface area is 111 Å². The molecule has 0 aliphatic carbocycles. The van der Waals surface area contributed by atoms with Crippen LogP contribution in [0.1, 0.15) is 16.8 Å². The van der Waals surface area contributed by atoms with Gasteiger partial charge >= 0.3 is 0 Å². The Kier molecular flexibility index (Phi) is 2.41. The van der Waals surface area contributed by atoms with Crippen molar-refractivity contribution in [2.24, 2.45) is 5.92 Å². The van der Waals surface area contributed by atoms with Gasteiger partial charge in [0.2, 0.25) is 6.79 Å². The van der Waals surface area contributed by atoms with Crippen LogP contribution in [0.3, 0.4) is 0 Å². The maximum atomic E-state index is 12.3. The van der Waals surface area contributed by atoms with Gasteiger partial charge in [0.05, 0.1) is 0 Å². The van der Waals surface area contributed by atoms with Crippen LogP contribution in [-0.2, 0) is 0 Å². The van der Waals surface area contributed by atoms with E-state index in [-0.39, 0.29) is 12.7 Å². The molecule has 1 N–H and O–H groups in total. The van der Waals surface area contributed by atoms with Gasteiger partial charge in [-0.3, -0.25) is 4.79 Å². The van der Waals surface area contributed by atoms with Crippen molar-refractivity contribution in [2.75, 3.05) is 26.4 Å². The van der Waals surface area contributed by atoms with Gasteiger partial charge in [-0.05, 0) is 37.1 Å². The van der Waals surface area contributed by atoms with Crippen LogP contribution in [0.15, 0.2) is 18.2 Å². The minimum atomic E-state index is -0.0166. The Morgan fingerprint density at radius 3 is 2.95 bits per heavy atom. The Hall–Kier alpha value is -1.75. The molecule has 0 spiro atoms. The molecule has 1 aromatic carbocycles. The molecule has 1 amide bonds. The van der Waals surface area contributed by atoms with Gasteiger partial charge in [0.1, 0.15) is 0 Å². The van der Waals surface area contributed by atoms with Gasteiger partial charge in [-0.25, -0.2) is 0 Å². The molecule has 5 nitrogen and oxygen atoms in total. The number of hydrogen-bond acceptors (Lipinski definition) is 4. The maximum absolute atomic E-state index is 12.3. The first-order chi connectivity index (χ1) is 9.29. The van der Waals surface area contributed by atoms with Crippen molar-refractivity contribution in [1.29, 1.82) is 0 Å². The molecule has 2 saturated heterocycles. The summed E-state index contributed by atoms with van der Waals surface area (Å²) in [5.74, 6) is 1.97. The number of benzene rings is 1. The minimum absolute atomic E-state index is 0.0166. The van der Waals surface area contributed by atoms with E-state index < -0.39 is 0 Å². The number of carbonyl (C=O) groups excluding carboxylic acids is 1. The van der Waals surface area contributed by atoms with Crippen molar-refractivity contribution < 1.29 is 14.3 Å². The summed E-state index contributed by atoms with van der Waals surface area (Å²) in [7, 11) is 0. The molecule has 4 rings (SSSR count). The summed E-state index contributed by atoms with van der Waals surface area (Å²) in [6.45, 7) is 3.54. The number of carbonyl (C=O) groups is 1. The van der Waals surface area contributed by atoms with Crippen LogP contribution in [0.2, 0.25) is 0 Å². The number of hydrogen-bond donors (Lipinski definition) is 1. The van der Waals surface area contributed by atoms with Crippen LogP contribution < -0.4 is 14.8 Å². The second-order valence-electron chi connectivity index (χ2n) is 5.46. The third kappa shape index (κ3) is 1.85. The van der Waals surface area contributed by atoms with Crippen molar-refractivity contribution in [3.05, 3.63) is 23.8 Å². The van der Waals surface area contributed by atoms with E-state index >= 15 is 0 Å². The molecule has 0 aromatic heterocycles. The zero-order valence-corrected chi connectivity index (χ0v) is 10.6. The van der Waals surface area contributed by atoms with E-state index in [1.165, 1.54) is 13.0 Å². The van der Waals surface area contributed by atoms with Crippen LogP contribution in [0.5, 0.6) is 11.5 Å². The van der Waals surface area contributed by atoms with Crippen LogP contribution in [-0.4, -0.2) is 43.3 Å². The molecule has 100 valence electrons. The lowest BCUT2D eigenvalue weighted by atomic mass is 9.99. The zero-order chi connectivity index (χ0) is 12.8. The highest BCUT2D eigenvalue weighted by atomic mass is 16.7. The number of amides is 1. The highest BCUT2D eigenvalue weighted by Gasteiger charge is 2.38. The quantitative estimate of drug-likeness (QED) is 0.856. The number of nitrogens with zero attached hydrogens (tertiary/aromatic N) is 1. The third-order valence-electron chi connectivity index (χ3n) is 4.28. The van der Waals surface area contributed by atoms with E-state index in [1.54, 1.807) is 18.2 Å². The molecule has 0 radical (unpaired) electrons. The van der Waals surface area contributed by atoms with Crippen LogP contribution in [0.4, 0.5) is 0 Å². The van der Waals surface area contributed by atoms with E-state index in [0.29, 0.717) is 29.0 Å². The van der Waals surface area contributed by atoms with Crippen molar-refractivity contribution in [2.45, 2.75) is 12.5 Å². The third-order valence-corrected chi connectivity index (χ3v) is 4.28. The molecular formula is C14H16N2O3. The first-order valence-corrected chi connectivity index (χ1v) is 6.72. The standard InChI is InChI=1S/C14H16N2O3/c17-14(15-11-7-16-4-3-10(11)6-16)9-1-2-12-13(5-9)19-8-18-12/h1-2,5,10-11H,3-4,6-8H2,(H,15,17)/t10-,11?/m0/s1. The molecule has 1 aromatic rings. The number of nitrogens with one attached hydrogen (secondary N) is 1. The van der Waals surface area contributed by atoms with E-state index in [2.05, 4.69) is 10.2 Å². The predicted octanol–water partition coefficient (Wildman–Crippen LogP) is 0.849. The molecule has 3 aliphatic rings. The minimum Gasteiger partial charge on any atom is -0.454 e. The lowest BCUT2D eigenvalue weighted by molar-refractivity contribution is 0.0924. The smallest absolute Gasteiger partial charge is 0.251 e. The van der Waals surface area contributed by atoms with E-state index in [4.69, 9.17) is 9.47 Å². The summed E-state index contributed by atoms with van der Waals surface area (Å²) in [6, 6.07) is 5.63. The molecule has 3 aliphatic heterocycles. The van der Waals surface area contributed by atoms with E-state index in [1.807, 2.05) is 0 Å². The lowest BCUT2D eigenvalue weighted by Gasteiger charge is -2.23. The highest BCUT2D eigenvalue weighted by molar-refractivity contribution is 5.95. The SMILES string of the molecule is O=C(NC1CN2CC[C@H]1C2)c1ccc2c(c1)OCO2. The summed E-state index contributed by atoms with van der Waals surface area (Å²) >= 11 is 0. The van der Waals surface area contributed by atoms with Crippen molar-refractivity contribution in [3.63, 3.8) is 0 Å². The summed E-state index contributed by atoms with van der Waals surface area (Å²) in [4.78, 5) is 14.7. The maximum Gasteiger partial charge on any atom is 0.251 e. The first kappa shape index (κ1) is 11.1. The average molecular weight is 260 g/mol. The zero-order valence-electron chi connectivity index (χ0n) is 10.6. The second kappa shape index (κ2) is 4.13. The topological polar surface area (TPSA) is 50.8 Å². The number of rotatable bonds is 2. The normalized spacial score (nSPS) is 30.6. The van der Waals surface area contributed by atoms with E-state index in [0.717, 1.165) is 13.1 Å². The highest BCUT2D eigenvalue weighted by Crippen LogP contribution is 2.33. The summed E-state index contributed by atoms with van der Waals surface area (Å²) in [6.07, 6.45) is 1.20. The number of ether oxygens (including phenoxy) is 2. The molecule has 2 bridgehead atoms. The van der Waals surface area contributed by atoms with Gasteiger partial charge in [0.15, 0.2) is 11.5 Å². The van der Waals surface area contributed by atoms with Gasteiger partial charge in [-0.2, -0.15) is 0 Å². The van der Waals surface area contributed by atoms with E-state index in [9.17, 15) is 4.79 Å². The molecule has 5 heteroatoms. The van der Waals surface area contributed by atoms with Crippen LogP contribution in [0.25, 0.3) is 0 Å². The fraction of sp³-hybridized carbons (Fsp3) is 0.500. The first-order valence-electron chi connectivity index (χ1n) is 6.72.